The van der Waals surface area contributed by atoms with Crippen molar-refractivity contribution in [1.82, 2.24) is 4.98 Å². The van der Waals surface area contributed by atoms with E-state index in [0.29, 0.717) is 22.5 Å². The van der Waals surface area contributed by atoms with Crippen LogP contribution in [-0.4, -0.2) is 4.98 Å². The SMILES string of the molecule is Clc1cc(COc2cc(Br)ccc2Cl)ccn1. The first-order valence-electron chi connectivity index (χ1n) is 4.83. The van der Waals surface area contributed by atoms with Gasteiger partial charge < -0.3 is 4.74 Å². The van der Waals surface area contributed by atoms with E-state index < -0.39 is 0 Å². The van der Waals surface area contributed by atoms with Crippen LogP contribution in [-0.2, 0) is 6.61 Å². The maximum atomic E-state index is 6.01. The molecule has 0 spiro atoms. The highest BCUT2D eigenvalue weighted by Gasteiger charge is 2.03. The normalized spacial score (nSPS) is 10.3. The average molecular weight is 333 g/mol. The standard InChI is InChI=1S/C12H8BrCl2NO/c13-9-1-2-10(14)11(6-9)17-7-8-3-4-16-12(15)5-8/h1-6H,7H2. The molecule has 0 N–H and O–H groups in total. The quantitative estimate of drug-likeness (QED) is 0.758. The molecule has 0 unspecified atom stereocenters. The van der Waals surface area contributed by atoms with Crippen LogP contribution in [0.25, 0.3) is 0 Å². The molecular weight excluding hydrogens is 325 g/mol. The van der Waals surface area contributed by atoms with Crippen LogP contribution in [0.2, 0.25) is 10.2 Å². The molecule has 0 aliphatic carbocycles. The van der Waals surface area contributed by atoms with Crippen LogP contribution < -0.4 is 4.74 Å². The van der Waals surface area contributed by atoms with Crippen molar-refractivity contribution in [3.63, 3.8) is 0 Å². The molecule has 0 saturated heterocycles. The topological polar surface area (TPSA) is 22.1 Å². The summed E-state index contributed by atoms with van der Waals surface area (Å²) in [6.07, 6.45) is 1.64. The summed E-state index contributed by atoms with van der Waals surface area (Å²) in [4.78, 5) is 3.90. The molecular formula is C12H8BrCl2NO. The largest absolute Gasteiger partial charge is 0.487 e. The van der Waals surface area contributed by atoms with E-state index in [4.69, 9.17) is 27.9 Å². The summed E-state index contributed by atoms with van der Waals surface area (Å²) in [5.74, 6) is 0.633. The minimum atomic E-state index is 0.401. The molecule has 1 aromatic heterocycles. The number of benzene rings is 1. The van der Waals surface area contributed by atoms with Crippen LogP contribution in [0.3, 0.4) is 0 Å². The second kappa shape index (κ2) is 5.71. The van der Waals surface area contributed by atoms with Gasteiger partial charge in [0, 0.05) is 10.7 Å². The highest BCUT2D eigenvalue weighted by atomic mass is 79.9. The molecule has 0 amide bonds. The molecule has 0 fully saturated rings. The zero-order valence-electron chi connectivity index (χ0n) is 8.66. The summed E-state index contributed by atoms with van der Waals surface area (Å²) < 4.78 is 6.53. The fourth-order valence-corrected chi connectivity index (χ4v) is 1.99. The van der Waals surface area contributed by atoms with E-state index >= 15 is 0 Å². The minimum absolute atomic E-state index is 0.401. The van der Waals surface area contributed by atoms with Crippen molar-refractivity contribution in [3.8, 4) is 5.75 Å². The summed E-state index contributed by atoms with van der Waals surface area (Å²) in [7, 11) is 0. The first-order chi connectivity index (χ1) is 8.15. The number of halogens is 3. The van der Waals surface area contributed by atoms with E-state index in [1.807, 2.05) is 18.2 Å². The smallest absolute Gasteiger partial charge is 0.139 e. The van der Waals surface area contributed by atoms with Gasteiger partial charge in [0.05, 0.1) is 5.02 Å². The van der Waals surface area contributed by atoms with E-state index in [2.05, 4.69) is 20.9 Å². The van der Waals surface area contributed by atoms with Gasteiger partial charge in [-0.25, -0.2) is 4.98 Å². The van der Waals surface area contributed by atoms with Gasteiger partial charge in [-0.2, -0.15) is 0 Å². The van der Waals surface area contributed by atoms with Gasteiger partial charge in [-0.3, -0.25) is 0 Å². The van der Waals surface area contributed by atoms with Crippen molar-refractivity contribution in [2.24, 2.45) is 0 Å². The predicted molar refractivity (Wildman–Crippen MR) is 72.7 cm³/mol. The number of hydrogen-bond donors (Lipinski definition) is 0. The Kier molecular flexibility index (Phi) is 4.26. The van der Waals surface area contributed by atoms with Crippen LogP contribution in [0.5, 0.6) is 5.75 Å². The first kappa shape index (κ1) is 12.7. The zero-order chi connectivity index (χ0) is 12.3. The van der Waals surface area contributed by atoms with Crippen molar-refractivity contribution in [3.05, 3.63) is 56.7 Å². The molecule has 2 rings (SSSR count). The number of aromatic nitrogens is 1. The Balaban J connectivity index is 2.09. The molecule has 17 heavy (non-hydrogen) atoms. The molecule has 1 heterocycles. The minimum Gasteiger partial charge on any atom is -0.487 e. The molecule has 2 nitrogen and oxygen atoms in total. The van der Waals surface area contributed by atoms with Crippen LogP contribution in [0.4, 0.5) is 0 Å². The lowest BCUT2D eigenvalue weighted by Gasteiger charge is -2.08. The van der Waals surface area contributed by atoms with Gasteiger partial charge in [-0.1, -0.05) is 39.1 Å². The maximum absolute atomic E-state index is 6.01. The molecule has 0 atom stereocenters. The third-order valence-corrected chi connectivity index (χ3v) is 3.09. The molecule has 0 saturated carbocycles. The van der Waals surface area contributed by atoms with Crippen molar-refractivity contribution >= 4 is 39.1 Å². The number of rotatable bonds is 3. The summed E-state index contributed by atoms with van der Waals surface area (Å²) in [5.41, 5.74) is 0.945. The summed E-state index contributed by atoms with van der Waals surface area (Å²) in [5, 5.41) is 1.03. The predicted octanol–water partition coefficient (Wildman–Crippen LogP) is 4.73. The summed E-state index contributed by atoms with van der Waals surface area (Å²) in [6, 6.07) is 9.06. The molecule has 0 bridgehead atoms. The van der Waals surface area contributed by atoms with Gasteiger partial charge in [-0.05, 0) is 35.9 Å². The van der Waals surface area contributed by atoms with Crippen molar-refractivity contribution in [2.75, 3.05) is 0 Å². The van der Waals surface area contributed by atoms with Gasteiger partial charge in [0.25, 0.3) is 0 Å². The average Bonchev–Trinajstić information content (AvgIpc) is 2.30. The lowest BCUT2D eigenvalue weighted by molar-refractivity contribution is 0.306. The van der Waals surface area contributed by atoms with Crippen LogP contribution >= 0.6 is 39.1 Å². The zero-order valence-corrected chi connectivity index (χ0v) is 11.8. The van der Waals surface area contributed by atoms with Crippen molar-refractivity contribution in [2.45, 2.75) is 6.61 Å². The lowest BCUT2D eigenvalue weighted by Crippen LogP contribution is -1.96. The van der Waals surface area contributed by atoms with Gasteiger partial charge in [0.2, 0.25) is 0 Å². The van der Waals surface area contributed by atoms with Crippen LogP contribution in [0.15, 0.2) is 41.0 Å². The Bertz CT molecular complexity index is 534. The third-order valence-electron chi connectivity index (χ3n) is 2.08. The fourth-order valence-electron chi connectivity index (χ4n) is 1.28. The molecule has 0 radical (unpaired) electrons. The Morgan fingerprint density at radius 3 is 2.76 bits per heavy atom. The molecule has 1 aromatic carbocycles. The number of hydrogen-bond acceptors (Lipinski definition) is 2. The van der Waals surface area contributed by atoms with Gasteiger partial charge >= 0.3 is 0 Å². The highest BCUT2D eigenvalue weighted by Crippen LogP contribution is 2.28. The Hall–Kier alpha value is -0.770. The Morgan fingerprint density at radius 2 is 2.00 bits per heavy atom. The second-order valence-corrected chi connectivity index (χ2v) is 5.06. The van der Waals surface area contributed by atoms with Crippen molar-refractivity contribution < 1.29 is 4.74 Å². The Morgan fingerprint density at radius 1 is 1.18 bits per heavy atom. The molecule has 2 aromatic rings. The molecule has 5 heteroatoms. The molecule has 0 aliphatic heterocycles. The fraction of sp³-hybridized carbons (Fsp3) is 0.0833. The first-order valence-corrected chi connectivity index (χ1v) is 6.38. The number of ether oxygens (including phenoxy) is 1. The van der Waals surface area contributed by atoms with Gasteiger partial charge in [-0.15, -0.1) is 0 Å². The molecule has 88 valence electrons. The highest BCUT2D eigenvalue weighted by molar-refractivity contribution is 9.10. The van der Waals surface area contributed by atoms with Crippen LogP contribution in [0, 0.1) is 0 Å². The summed E-state index contributed by atoms with van der Waals surface area (Å²) in [6.45, 7) is 0.401. The lowest BCUT2D eigenvalue weighted by atomic mass is 10.3. The summed E-state index contributed by atoms with van der Waals surface area (Å²) >= 11 is 15.2. The van der Waals surface area contributed by atoms with Gasteiger partial charge in [0.15, 0.2) is 0 Å². The Labute approximate surface area is 118 Å². The van der Waals surface area contributed by atoms with Crippen LogP contribution in [0.1, 0.15) is 5.56 Å². The number of pyridine rings is 1. The number of nitrogens with zero attached hydrogens (tertiary/aromatic N) is 1. The maximum Gasteiger partial charge on any atom is 0.139 e. The third kappa shape index (κ3) is 3.60. The van der Waals surface area contributed by atoms with E-state index in [1.165, 1.54) is 0 Å². The van der Waals surface area contributed by atoms with E-state index in [9.17, 15) is 0 Å². The van der Waals surface area contributed by atoms with E-state index in [1.54, 1.807) is 18.3 Å². The van der Waals surface area contributed by atoms with E-state index in [-0.39, 0.29) is 0 Å². The van der Waals surface area contributed by atoms with Gasteiger partial charge in [0.1, 0.15) is 17.5 Å². The van der Waals surface area contributed by atoms with Crippen molar-refractivity contribution in [1.29, 1.82) is 0 Å². The van der Waals surface area contributed by atoms with E-state index in [0.717, 1.165) is 10.0 Å². The molecule has 0 aliphatic rings. The monoisotopic (exact) mass is 331 g/mol. The second-order valence-electron chi connectivity index (χ2n) is 3.35.